The molecule has 0 bridgehead atoms. The van der Waals surface area contributed by atoms with Gasteiger partial charge in [-0.15, -0.1) is 0 Å². The van der Waals surface area contributed by atoms with Crippen LogP contribution in [0.5, 0.6) is 0 Å². The first-order valence-electron chi connectivity index (χ1n) is 13.4. The molecule has 0 radical (unpaired) electrons. The van der Waals surface area contributed by atoms with E-state index in [4.69, 9.17) is 4.74 Å². The minimum atomic E-state index is -0.0261. The molecule has 4 saturated carbocycles. The molecule has 1 unspecified atom stereocenters. The first-order chi connectivity index (χ1) is 14.8. The fourth-order valence-corrected chi connectivity index (χ4v) is 10.2. The van der Waals surface area contributed by atoms with Crippen LogP contribution >= 0.6 is 9.24 Å². The third-order valence-electron chi connectivity index (χ3n) is 12.6. The van der Waals surface area contributed by atoms with Crippen molar-refractivity contribution in [2.45, 2.75) is 106 Å². The summed E-state index contributed by atoms with van der Waals surface area (Å²) in [7, 11) is 1.70. The molecule has 10 atom stereocenters. The summed E-state index contributed by atoms with van der Waals surface area (Å²) in [6, 6.07) is 0. The van der Waals surface area contributed by atoms with Crippen molar-refractivity contribution in [2.24, 2.45) is 50.7 Å². The van der Waals surface area contributed by atoms with Gasteiger partial charge in [-0.05, 0) is 106 Å². The zero-order valence-corrected chi connectivity index (χ0v) is 26.5. The fourth-order valence-electron chi connectivity index (χ4n) is 10.1. The third kappa shape index (κ3) is 5.69. The second-order valence-electron chi connectivity index (χ2n) is 13.9. The smallest absolute Gasteiger partial charge is 0.343 e. The molecule has 35 heavy (non-hydrogen) atoms. The molecule has 0 amide bonds. The van der Waals surface area contributed by atoms with Gasteiger partial charge in [0.2, 0.25) is 0 Å². The molecule has 4 aliphatic rings. The second-order valence-corrected chi connectivity index (χ2v) is 14.4. The normalized spacial score (nSPS) is 47.9. The Balaban J connectivity index is 0.00000204. The zero-order chi connectivity index (χ0) is 23.7. The van der Waals surface area contributed by atoms with E-state index in [0.29, 0.717) is 46.8 Å². The molecule has 0 aromatic rings. The van der Waals surface area contributed by atoms with Crippen LogP contribution in [-0.4, -0.2) is 29.9 Å². The number of ether oxygens (including phenoxy) is 1. The Morgan fingerprint density at radius 3 is 2.06 bits per heavy atom. The van der Waals surface area contributed by atoms with Crippen molar-refractivity contribution in [3.63, 3.8) is 0 Å². The number of rotatable bonds is 3. The van der Waals surface area contributed by atoms with E-state index in [9.17, 15) is 9.90 Å². The van der Waals surface area contributed by atoms with Gasteiger partial charge in [0.15, 0.2) is 0 Å². The molecule has 0 aromatic heterocycles. The Bertz CT molecular complexity index is 766. The van der Waals surface area contributed by atoms with Gasteiger partial charge in [-0.2, -0.15) is 0 Å². The number of esters is 1. The van der Waals surface area contributed by atoms with Crippen LogP contribution in [0.4, 0.5) is 0 Å². The zero-order valence-electron chi connectivity index (χ0n) is 23.0. The quantitative estimate of drug-likeness (QED) is 0.317. The number of aliphatic hydroxyl groups is 1. The van der Waals surface area contributed by atoms with E-state index in [-0.39, 0.29) is 136 Å². The van der Waals surface area contributed by atoms with E-state index in [0.717, 1.165) is 18.8 Å². The van der Waals surface area contributed by atoms with Crippen LogP contribution < -0.4 is 0 Å². The van der Waals surface area contributed by atoms with Crippen LogP contribution in [-0.2, 0) is 9.53 Å². The topological polar surface area (TPSA) is 46.5 Å². The molecule has 0 aliphatic heterocycles. The molecule has 4 rings (SSSR count). The van der Waals surface area contributed by atoms with Crippen molar-refractivity contribution in [2.75, 3.05) is 12.8 Å². The first kappa shape index (κ1) is 36.7. The number of hydrogen-bond donors (Lipinski definition) is 1. The number of carbonyl (C=O) groups is 1. The van der Waals surface area contributed by atoms with Gasteiger partial charge < -0.3 is 9.84 Å². The Hall–Kier alpha value is 3.64. The number of hydrogen-bond acceptors (Lipinski definition) is 3. The molecule has 0 saturated heterocycles. The Morgan fingerprint density at radius 2 is 1.49 bits per heavy atom. The van der Waals surface area contributed by atoms with E-state index in [1.165, 1.54) is 38.5 Å². The summed E-state index contributed by atoms with van der Waals surface area (Å²) in [5.41, 5.74) is 1.15. The van der Waals surface area contributed by atoms with E-state index < -0.39 is 0 Å². The van der Waals surface area contributed by atoms with Gasteiger partial charge in [-0.25, -0.2) is 4.79 Å². The molecular formula is C28H50Ar3O3P+. The molecule has 3 nitrogen and oxygen atoms in total. The molecule has 4 fully saturated rings. The monoisotopic (exact) mass is 585 g/mol. The summed E-state index contributed by atoms with van der Waals surface area (Å²) in [6.45, 7) is 17.7. The molecule has 4 aliphatic carbocycles. The maximum atomic E-state index is 12.2. The van der Waals surface area contributed by atoms with E-state index in [1.54, 1.807) is 9.24 Å². The number of carbonyl (C=O) groups excluding carboxylic acids is 1. The average Bonchev–Trinajstić information content (AvgIpc) is 2.74. The van der Waals surface area contributed by atoms with Crippen molar-refractivity contribution < 1.29 is 128 Å². The molecular weight excluding hydrogens is 535 g/mol. The number of aliphatic hydroxyl groups excluding tert-OH is 1. The molecule has 7 heteroatoms. The minimum absolute atomic E-state index is 0. The van der Waals surface area contributed by atoms with Crippen LogP contribution in [0.25, 0.3) is 0 Å². The van der Waals surface area contributed by atoms with Gasteiger partial charge in [0.05, 0.1) is 0 Å². The summed E-state index contributed by atoms with van der Waals surface area (Å²) in [5, 5.41) is 10.2. The molecule has 0 heterocycles. The van der Waals surface area contributed by atoms with E-state index >= 15 is 0 Å². The van der Waals surface area contributed by atoms with Crippen molar-refractivity contribution in [1.29, 1.82) is 0 Å². The van der Waals surface area contributed by atoms with Crippen molar-refractivity contribution in [3.05, 3.63) is 0 Å². The summed E-state index contributed by atoms with van der Waals surface area (Å²) < 4.78 is 6.01. The summed E-state index contributed by atoms with van der Waals surface area (Å²) >= 11 is 0. The Labute approximate surface area is 307 Å². The maximum Gasteiger partial charge on any atom is 0.343 e. The SMILES string of the molecule is C[C@@H]1[C@H]2CC[C@@H]3[C@@]4(C)CC[C@H](OC(=O)C[PH3+])C(C)(C)[C@@H]4CC[C@@]3(C)[C@]2(C)CC[C@]1(C)CO.[Ar].[Ar].[Ar]. The Kier molecular flexibility index (Phi) is 13.5. The fraction of sp³-hybridized carbons (Fsp3) is 0.964. The Morgan fingerprint density at radius 1 is 0.857 bits per heavy atom. The van der Waals surface area contributed by atoms with Crippen LogP contribution in [0.1, 0.15) is 99.8 Å². The minimum Gasteiger partial charge on any atom is -0.459 e. The summed E-state index contributed by atoms with van der Waals surface area (Å²) in [6.07, 6.45) is 10.4. The van der Waals surface area contributed by atoms with Crippen LogP contribution in [0, 0.1) is 164 Å². The third-order valence-corrected chi connectivity index (χ3v) is 13.0. The standard InChI is InChI=1S/C28H49O3P.3Ar/c1-18-19-8-9-21-26(5)12-11-22(31-23(30)16-32)24(2,3)20(26)10-13-28(21,7)27(19,6)15-14-25(18,4)17-29;;;/h18-22,29H,8-17,32H2,1-7H3;;;/p+1/t18-,19-,20+,21-,22+,25-,26+,27-,28-;;;/m1.../s1. The van der Waals surface area contributed by atoms with Crippen molar-refractivity contribution in [3.8, 4) is 0 Å². The van der Waals surface area contributed by atoms with Gasteiger partial charge in [-0.3, -0.25) is 0 Å². The average molecular weight is 586 g/mol. The molecule has 0 spiro atoms. The van der Waals surface area contributed by atoms with Crippen LogP contribution in [0.2, 0.25) is 0 Å². The molecule has 1 N–H and O–H groups in total. The summed E-state index contributed by atoms with van der Waals surface area (Å²) in [4.78, 5) is 12.2. The second kappa shape index (κ2) is 12.9. The predicted molar refractivity (Wildman–Crippen MR) is 136 cm³/mol. The predicted octanol–water partition coefficient (Wildman–Crippen LogP) is 6.21. The van der Waals surface area contributed by atoms with Crippen molar-refractivity contribution in [1.82, 2.24) is 0 Å². The maximum absolute atomic E-state index is 12.2. The number of fused-ring (bicyclic) bond motifs is 5. The molecule has 0 aromatic carbocycles. The first-order valence-corrected chi connectivity index (χ1v) is 14.4. The molecule has 208 valence electrons. The van der Waals surface area contributed by atoms with Crippen LogP contribution in [0.3, 0.4) is 0 Å². The van der Waals surface area contributed by atoms with Gasteiger partial charge in [0.25, 0.3) is 0 Å². The van der Waals surface area contributed by atoms with Gasteiger partial charge in [0.1, 0.15) is 12.3 Å². The van der Waals surface area contributed by atoms with Crippen molar-refractivity contribution >= 4 is 15.2 Å². The largest absolute Gasteiger partial charge is 0.459 e. The van der Waals surface area contributed by atoms with Gasteiger partial charge in [0, 0.05) is 125 Å². The van der Waals surface area contributed by atoms with E-state index in [2.05, 4.69) is 48.5 Å². The summed E-state index contributed by atoms with van der Waals surface area (Å²) in [5.74, 6) is 2.62. The van der Waals surface area contributed by atoms with Gasteiger partial charge >= 0.3 is 5.97 Å². The van der Waals surface area contributed by atoms with E-state index in [1.807, 2.05) is 0 Å². The van der Waals surface area contributed by atoms with Gasteiger partial charge in [-0.1, -0.05) is 48.5 Å². The van der Waals surface area contributed by atoms with Crippen LogP contribution in [0.15, 0.2) is 0 Å².